The summed E-state index contributed by atoms with van der Waals surface area (Å²) in [6.45, 7) is 1.14. The summed E-state index contributed by atoms with van der Waals surface area (Å²) in [7, 11) is 0. The Kier molecular flexibility index (Phi) is 3.24. The number of hydrogen-bond acceptors (Lipinski definition) is 5. The second-order valence-electron chi connectivity index (χ2n) is 5.94. The predicted octanol–water partition coefficient (Wildman–Crippen LogP) is 1.98. The molecule has 0 radical (unpaired) electrons. The van der Waals surface area contributed by atoms with Gasteiger partial charge < -0.3 is 15.0 Å². The topological polar surface area (TPSA) is 74.2 Å². The van der Waals surface area contributed by atoms with Crippen molar-refractivity contribution in [2.45, 2.75) is 37.1 Å². The summed E-state index contributed by atoms with van der Waals surface area (Å²) in [4.78, 5) is 4.63. The predicted molar refractivity (Wildman–Crippen MR) is 77.1 cm³/mol. The Labute approximate surface area is 123 Å². The average molecular weight is 285 g/mol. The normalized spacial score (nSPS) is 28.5. The molecular weight excluding hydrogens is 266 g/mol. The van der Waals surface area contributed by atoms with Crippen molar-refractivity contribution in [2.75, 3.05) is 13.2 Å². The quantitative estimate of drug-likeness (QED) is 0.913. The van der Waals surface area contributed by atoms with Crippen LogP contribution in [0.5, 0.6) is 0 Å². The number of ether oxygens (including phenoxy) is 1. The van der Waals surface area contributed by atoms with E-state index in [0.29, 0.717) is 19.1 Å². The van der Waals surface area contributed by atoms with Crippen LogP contribution in [0.1, 0.15) is 47.5 Å². The zero-order valence-electron chi connectivity index (χ0n) is 11.9. The fraction of sp³-hybridized carbons (Fsp3) is 0.500. The molecule has 2 aromatic rings. The van der Waals surface area contributed by atoms with Crippen LogP contribution >= 0.6 is 0 Å². The summed E-state index contributed by atoms with van der Waals surface area (Å²) in [5, 5.41) is 4.22. The smallest absolute Gasteiger partial charge is 0.233 e. The van der Waals surface area contributed by atoms with Gasteiger partial charge in [0.2, 0.25) is 5.89 Å². The first-order chi connectivity index (χ1) is 10.3. The van der Waals surface area contributed by atoms with E-state index >= 15 is 0 Å². The van der Waals surface area contributed by atoms with Gasteiger partial charge in [-0.25, -0.2) is 0 Å². The number of rotatable bonds is 2. The van der Waals surface area contributed by atoms with Crippen molar-refractivity contribution in [2.24, 2.45) is 5.73 Å². The molecule has 1 saturated heterocycles. The molecule has 1 fully saturated rings. The second kappa shape index (κ2) is 5.24. The van der Waals surface area contributed by atoms with Crippen LogP contribution in [-0.4, -0.2) is 29.4 Å². The number of aromatic nitrogens is 2. The fourth-order valence-corrected chi connectivity index (χ4v) is 3.39. The lowest BCUT2D eigenvalue weighted by Crippen LogP contribution is -2.27. The van der Waals surface area contributed by atoms with Crippen molar-refractivity contribution in [1.29, 1.82) is 0 Å². The molecule has 1 aliphatic heterocycles. The van der Waals surface area contributed by atoms with Crippen LogP contribution < -0.4 is 5.73 Å². The lowest BCUT2D eigenvalue weighted by Gasteiger charge is -2.22. The van der Waals surface area contributed by atoms with Gasteiger partial charge in [-0.3, -0.25) is 0 Å². The van der Waals surface area contributed by atoms with Gasteiger partial charge in [-0.15, -0.1) is 0 Å². The van der Waals surface area contributed by atoms with Crippen molar-refractivity contribution >= 4 is 0 Å². The molecule has 2 aliphatic rings. The number of nitrogens with two attached hydrogens (primary N) is 1. The van der Waals surface area contributed by atoms with Gasteiger partial charge in [0.15, 0.2) is 5.82 Å². The minimum Gasteiger partial charge on any atom is -0.379 e. The first-order valence-corrected chi connectivity index (χ1v) is 7.57. The Hall–Kier alpha value is -1.72. The molecule has 2 N–H and O–H groups in total. The third kappa shape index (κ3) is 2.26. The average Bonchev–Trinajstić information content (AvgIpc) is 3.15. The monoisotopic (exact) mass is 285 g/mol. The van der Waals surface area contributed by atoms with Gasteiger partial charge in [0.1, 0.15) is 0 Å². The van der Waals surface area contributed by atoms with Gasteiger partial charge in [-0.1, -0.05) is 29.4 Å². The van der Waals surface area contributed by atoms with E-state index in [4.69, 9.17) is 15.0 Å². The molecule has 3 unspecified atom stereocenters. The lowest BCUT2D eigenvalue weighted by atomic mass is 9.82. The van der Waals surface area contributed by atoms with E-state index in [2.05, 4.69) is 34.4 Å². The molecule has 0 saturated carbocycles. The van der Waals surface area contributed by atoms with Crippen LogP contribution in [0, 0.1) is 0 Å². The van der Waals surface area contributed by atoms with Crippen LogP contribution in [0.4, 0.5) is 0 Å². The van der Waals surface area contributed by atoms with Crippen molar-refractivity contribution < 1.29 is 9.26 Å². The summed E-state index contributed by atoms with van der Waals surface area (Å²) in [5.74, 6) is 1.69. The molecule has 0 spiro atoms. The van der Waals surface area contributed by atoms with Crippen LogP contribution in [0.3, 0.4) is 0 Å². The van der Waals surface area contributed by atoms with E-state index in [9.17, 15) is 0 Å². The van der Waals surface area contributed by atoms with Crippen molar-refractivity contribution in [1.82, 2.24) is 10.1 Å². The van der Waals surface area contributed by atoms with Crippen molar-refractivity contribution in [3.05, 3.63) is 47.1 Å². The number of aryl methyl sites for hydroxylation is 1. The van der Waals surface area contributed by atoms with Crippen molar-refractivity contribution in [3.63, 3.8) is 0 Å². The molecule has 110 valence electrons. The van der Waals surface area contributed by atoms with Gasteiger partial charge in [-0.2, -0.15) is 4.98 Å². The minimum atomic E-state index is -0.0445. The van der Waals surface area contributed by atoms with Crippen LogP contribution in [-0.2, 0) is 11.2 Å². The molecule has 2 heterocycles. The highest BCUT2D eigenvalue weighted by Crippen LogP contribution is 2.36. The Balaban J connectivity index is 1.65. The Morgan fingerprint density at radius 2 is 2.10 bits per heavy atom. The molecule has 4 rings (SSSR count). The molecule has 5 heteroatoms. The van der Waals surface area contributed by atoms with E-state index in [1.165, 1.54) is 11.1 Å². The second-order valence-corrected chi connectivity index (χ2v) is 5.94. The maximum atomic E-state index is 6.02. The molecule has 1 aliphatic carbocycles. The molecule has 5 nitrogen and oxygen atoms in total. The first kappa shape index (κ1) is 13.0. The summed E-state index contributed by atoms with van der Waals surface area (Å²) < 4.78 is 10.8. The van der Waals surface area contributed by atoms with Crippen LogP contribution in [0.15, 0.2) is 28.8 Å². The summed E-state index contributed by atoms with van der Waals surface area (Å²) in [6.07, 6.45) is 3.37. The third-order valence-electron chi connectivity index (χ3n) is 4.58. The van der Waals surface area contributed by atoms with E-state index in [1.54, 1.807) is 0 Å². The number of benzene rings is 1. The molecule has 0 amide bonds. The van der Waals surface area contributed by atoms with E-state index < -0.39 is 0 Å². The number of fused-ring (bicyclic) bond motifs is 1. The fourth-order valence-electron chi connectivity index (χ4n) is 3.39. The molecule has 0 bridgehead atoms. The Morgan fingerprint density at radius 1 is 1.19 bits per heavy atom. The van der Waals surface area contributed by atoms with Gasteiger partial charge in [0.25, 0.3) is 0 Å². The highest BCUT2D eigenvalue weighted by molar-refractivity contribution is 5.36. The molecular formula is C16H19N3O2. The van der Waals surface area contributed by atoms with Crippen LogP contribution in [0.25, 0.3) is 0 Å². The number of nitrogens with zero attached hydrogens (tertiary/aromatic N) is 2. The van der Waals surface area contributed by atoms with Gasteiger partial charge in [0.05, 0.1) is 19.1 Å². The van der Waals surface area contributed by atoms with E-state index in [-0.39, 0.29) is 17.9 Å². The Morgan fingerprint density at radius 3 is 2.95 bits per heavy atom. The van der Waals surface area contributed by atoms with Crippen LogP contribution in [0.2, 0.25) is 0 Å². The summed E-state index contributed by atoms with van der Waals surface area (Å²) in [5.41, 5.74) is 8.76. The van der Waals surface area contributed by atoms with Crippen molar-refractivity contribution in [3.8, 4) is 0 Å². The maximum Gasteiger partial charge on any atom is 0.233 e. The van der Waals surface area contributed by atoms with Gasteiger partial charge in [-0.05, 0) is 30.4 Å². The SMILES string of the molecule is NC1COCC1c1nc(C2CCCc3ccccc32)no1. The first-order valence-electron chi connectivity index (χ1n) is 7.57. The highest BCUT2D eigenvalue weighted by Gasteiger charge is 2.33. The Bertz CT molecular complexity index is 640. The zero-order chi connectivity index (χ0) is 14.2. The molecule has 1 aromatic carbocycles. The van der Waals surface area contributed by atoms with E-state index in [1.807, 2.05) is 0 Å². The third-order valence-corrected chi connectivity index (χ3v) is 4.58. The number of hydrogen-bond donors (Lipinski definition) is 1. The molecule has 3 atom stereocenters. The summed E-state index contributed by atoms with van der Waals surface area (Å²) in [6, 6.07) is 8.51. The highest BCUT2D eigenvalue weighted by atomic mass is 16.5. The standard InChI is InChI=1S/C16H19N3O2/c17-14-9-20-8-13(14)16-18-15(19-21-16)12-7-3-5-10-4-1-2-6-11(10)12/h1-2,4,6,12-14H,3,5,7-9,17H2. The lowest BCUT2D eigenvalue weighted by molar-refractivity contribution is 0.187. The zero-order valence-corrected chi connectivity index (χ0v) is 11.9. The largest absolute Gasteiger partial charge is 0.379 e. The van der Waals surface area contributed by atoms with Gasteiger partial charge >= 0.3 is 0 Å². The minimum absolute atomic E-state index is 0.0325. The van der Waals surface area contributed by atoms with E-state index in [0.717, 1.165) is 25.1 Å². The van der Waals surface area contributed by atoms with Gasteiger partial charge in [0, 0.05) is 12.0 Å². The molecule has 1 aromatic heterocycles. The summed E-state index contributed by atoms with van der Waals surface area (Å²) >= 11 is 0. The maximum absolute atomic E-state index is 6.02. The molecule has 21 heavy (non-hydrogen) atoms.